The average Bonchev–Trinajstić information content (AvgIpc) is 2.87. The number of amides is 1. The molecule has 25 heavy (non-hydrogen) atoms. The van der Waals surface area contributed by atoms with Gasteiger partial charge in [-0.15, -0.1) is 0 Å². The molecule has 0 saturated carbocycles. The van der Waals surface area contributed by atoms with E-state index in [0.29, 0.717) is 17.6 Å². The van der Waals surface area contributed by atoms with Gasteiger partial charge < -0.3 is 19.9 Å². The van der Waals surface area contributed by atoms with Crippen LogP contribution in [0.15, 0.2) is 18.3 Å². The van der Waals surface area contributed by atoms with Gasteiger partial charge in [0, 0.05) is 50.5 Å². The van der Waals surface area contributed by atoms with E-state index in [9.17, 15) is 14.7 Å². The van der Waals surface area contributed by atoms with Crippen LogP contribution in [0.5, 0.6) is 0 Å². The fourth-order valence-corrected chi connectivity index (χ4v) is 3.43. The van der Waals surface area contributed by atoms with Gasteiger partial charge in [0.2, 0.25) is 5.91 Å². The van der Waals surface area contributed by atoms with E-state index < -0.39 is 5.97 Å². The highest BCUT2D eigenvalue weighted by Gasteiger charge is 2.18. The lowest BCUT2D eigenvalue weighted by atomic mass is 10.1. The van der Waals surface area contributed by atoms with Crippen LogP contribution in [0.25, 0.3) is 10.9 Å². The van der Waals surface area contributed by atoms with Crippen molar-refractivity contribution in [2.75, 3.05) is 45.1 Å². The number of carbonyl (C=O) groups excluding carboxylic acids is 1. The third-order valence-electron chi connectivity index (χ3n) is 4.74. The number of aryl methyl sites for hydroxylation is 2. The number of likely N-dealkylation sites (N-methyl/N-ethyl adjacent to an activating group) is 1. The minimum atomic E-state index is -0.967. The van der Waals surface area contributed by atoms with Crippen molar-refractivity contribution in [3.63, 3.8) is 0 Å². The molecule has 1 aliphatic heterocycles. The number of hydrogen-bond acceptors (Lipinski definition) is 4. The standard InChI is InChI=1S/C18H24N4O3/c1-12-8-13(9-14-15(18(24)25)10-21(3)17(12)14)19-16(23)11-22-6-4-20(2)5-7-22/h8-10H,4-7,11H2,1-3H3,(H,19,23)(H,24,25). The Bertz CT molecular complexity index is 819. The first-order chi connectivity index (χ1) is 11.8. The summed E-state index contributed by atoms with van der Waals surface area (Å²) in [6.07, 6.45) is 1.61. The molecule has 2 N–H and O–H groups in total. The van der Waals surface area contributed by atoms with Crippen LogP contribution in [-0.4, -0.2) is 71.1 Å². The molecule has 134 valence electrons. The number of fused-ring (bicyclic) bond motifs is 1. The monoisotopic (exact) mass is 344 g/mol. The molecule has 3 rings (SSSR count). The molecule has 1 aromatic carbocycles. The Morgan fingerprint density at radius 3 is 2.48 bits per heavy atom. The van der Waals surface area contributed by atoms with Crippen LogP contribution in [0.2, 0.25) is 0 Å². The van der Waals surface area contributed by atoms with Crippen molar-refractivity contribution < 1.29 is 14.7 Å². The van der Waals surface area contributed by atoms with E-state index >= 15 is 0 Å². The van der Waals surface area contributed by atoms with Crippen molar-refractivity contribution in [2.24, 2.45) is 7.05 Å². The molecule has 0 aliphatic carbocycles. The number of aromatic carboxylic acids is 1. The molecular weight excluding hydrogens is 320 g/mol. The second kappa shape index (κ2) is 6.85. The molecule has 1 aliphatic rings. The summed E-state index contributed by atoms with van der Waals surface area (Å²) in [4.78, 5) is 28.2. The number of carboxylic acids is 1. The number of benzene rings is 1. The molecule has 0 radical (unpaired) electrons. The zero-order valence-corrected chi connectivity index (χ0v) is 14.9. The number of hydrogen-bond donors (Lipinski definition) is 2. The lowest BCUT2D eigenvalue weighted by Crippen LogP contribution is -2.47. The summed E-state index contributed by atoms with van der Waals surface area (Å²) in [5.74, 6) is -1.04. The number of anilines is 1. The minimum absolute atomic E-state index is 0.0730. The lowest BCUT2D eigenvalue weighted by Gasteiger charge is -2.31. The lowest BCUT2D eigenvalue weighted by molar-refractivity contribution is -0.117. The van der Waals surface area contributed by atoms with E-state index in [-0.39, 0.29) is 11.5 Å². The molecule has 1 saturated heterocycles. The summed E-state index contributed by atoms with van der Waals surface area (Å²) in [5.41, 5.74) is 2.69. The maximum absolute atomic E-state index is 12.3. The van der Waals surface area contributed by atoms with Gasteiger partial charge in [-0.1, -0.05) is 0 Å². The van der Waals surface area contributed by atoms with Gasteiger partial charge in [0.15, 0.2) is 0 Å². The Kier molecular flexibility index (Phi) is 4.78. The predicted octanol–water partition coefficient (Wildman–Crippen LogP) is 1.37. The Hall–Kier alpha value is -2.38. The molecule has 7 heteroatoms. The van der Waals surface area contributed by atoms with Crippen molar-refractivity contribution in [1.29, 1.82) is 0 Å². The summed E-state index contributed by atoms with van der Waals surface area (Å²) >= 11 is 0. The van der Waals surface area contributed by atoms with Crippen molar-refractivity contribution in [3.8, 4) is 0 Å². The summed E-state index contributed by atoms with van der Waals surface area (Å²) in [6.45, 7) is 5.96. The maximum Gasteiger partial charge on any atom is 0.337 e. The molecule has 7 nitrogen and oxygen atoms in total. The second-order valence-electron chi connectivity index (χ2n) is 6.78. The first kappa shape index (κ1) is 17.4. The van der Waals surface area contributed by atoms with Crippen LogP contribution in [-0.2, 0) is 11.8 Å². The Balaban J connectivity index is 1.78. The van der Waals surface area contributed by atoms with Crippen molar-refractivity contribution >= 4 is 28.5 Å². The molecule has 2 heterocycles. The highest BCUT2D eigenvalue weighted by Crippen LogP contribution is 2.28. The fraction of sp³-hybridized carbons (Fsp3) is 0.444. The van der Waals surface area contributed by atoms with Crippen molar-refractivity contribution in [3.05, 3.63) is 29.5 Å². The zero-order valence-electron chi connectivity index (χ0n) is 14.9. The van der Waals surface area contributed by atoms with E-state index in [1.54, 1.807) is 12.3 Å². The van der Waals surface area contributed by atoms with E-state index in [0.717, 1.165) is 37.3 Å². The molecule has 0 bridgehead atoms. The molecule has 1 fully saturated rings. The van der Waals surface area contributed by atoms with E-state index in [4.69, 9.17) is 0 Å². The molecule has 0 spiro atoms. The Morgan fingerprint density at radius 1 is 1.16 bits per heavy atom. The normalized spacial score (nSPS) is 16.3. The van der Waals surface area contributed by atoms with Gasteiger partial charge in [0.1, 0.15) is 0 Å². The molecule has 0 unspecified atom stereocenters. The molecule has 0 atom stereocenters. The van der Waals surface area contributed by atoms with Crippen molar-refractivity contribution in [1.82, 2.24) is 14.4 Å². The smallest absolute Gasteiger partial charge is 0.337 e. The van der Waals surface area contributed by atoms with Crippen molar-refractivity contribution in [2.45, 2.75) is 6.92 Å². The Morgan fingerprint density at radius 2 is 1.84 bits per heavy atom. The van der Waals surface area contributed by atoms with Gasteiger partial charge in [0.25, 0.3) is 0 Å². The summed E-state index contributed by atoms with van der Waals surface area (Å²) in [7, 11) is 3.91. The van der Waals surface area contributed by atoms with E-state index in [1.807, 2.05) is 24.6 Å². The first-order valence-electron chi connectivity index (χ1n) is 8.39. The topological polar surface area (TPSA) is 77.8 Å². The summed E-state index contributed by atoms with van der Waals surface area (Å²) in [5, 5.41) is 12.9. The number of carboxylic acid groups (broad SMARTS) is 1. The van der Waals surface area contributed by atoms with E-state index in [1.165, 1.54) is 0 Å². The maximum atomic E-state index is 12.3. The van der Waals surface area contributed by atoms with Gasteiger partial charge in [0.05, 0.1) is 17.6 Å². The second-order valence-corrected chi connectivity index (χ2v) is 6.78. The number of carbonyl (C=O) groups is 2. The number of aromatic nitrogens is 1. The van der Waals surface area contributed by atoms with Crippen LogP contribution in [0, 0.1) is 6.92 Å². The van der Waals surface area contributed by atoms with E-state index in [2.05, 4.69) is 22.2 Å². The van der Waals surface area contributed by atoms with Crippen LogP contribution in [0.1, 0.15) is 15.9 Å². The molecule has 1 aromatic heterocycles. The fourth-order valence-electron chi connectivity index (χ4n) is 3.43. The van der Waals surface area contributed by atoms with Gasteiger partial charge in [-0.25, -0.2) is 4.79 Å². The molecular formula is C18H24N4O3. The number of nitrogens with one attached hydrogen (secondary N) is 1. The average molecular weight is 344 g/mol. The summed E-state index contributed by atoms with van der Waals surface area (Å²) < 4.78 is 1.81. The predicted molar refractivity (Wildman–Crippen MR) is 97.2 cm³/mol. The highest BCUT2D eigenvalue weighted by molar-refractivity contribution is 6.06. The van der Waals surface area contributed by atoms with Crippen LogP contribution >= 0.6 is 0 Å². The molecule has 2 aromatic rings. The SMILES string of the molecule is Cc1cc(NC(=O)CN2CCN(C)CC2)cc2c(C(=O)O)cn(C)c12. The minimum Gasteiger partial charge on any atom is -0.478 e. The third-order valence-corrected chi connectivity index (χ3v) is 4.74. The number of piperazine rings is 1. The molecule has 1 amide bonds. The number of rotatable bonds is 4. The number of nitrogens with zero attached hydrogens (tertiary/aromatic N) is 3. The van der Waals surface area contributed by atoms with Crippen LogP contribution in [0.3, 0.4) is 0 Å². The first-order valence-corrected chi connectivity index (χ1v) is 8.39. The Labute approximate surface area is 146 Å². The largest absolute Gasteiger partial charge is 0.478 e. The van der Waals surface area contributed by atoms with Gasteiger partial charge in [-0.2, -0.15) is 0 Å². The summed E-state index contributed by atoms with van der Waals surface area (Å²) in [6, 6.07) is 3.63. The highest BCUT2D eigenvalue weighted by atomic mass is 16.4. The zero-order chi connectivity index (χ0) is 18.1. The van der Waals surface area contributed by atoms with Gasteiger partial charge in [-0.3, -0.25) is 9.69 Å². The van der Waals surface area contributed by atoms with Gasteiger partial charge >= 0.3 is 5.97 Å². The van der Waals surface area contributed by atoms with Gasteiger partial charge in [-0.05, 0) is 31.7 Å². The van der Waals surface area contributed by atoms with Crippen LogP contribution in [0.4, 0.5) is 5.69 Å². The van der Waals surface area contributed by atoms with Crippen LogP contribution < -0.4 is 5.32 Å². The quantitative estimate of drug-likeness (QED) is 0.876. The third kappa shape index (κ3) is 3.67.